The number of esters is 1. The van der Waals surface area contributed by atoms with Crippen molar-refractivity contribution >= 4 is 33.5 Å². The van der Waals surface area contributed by atoms with Crippen LogP contribution in [0.1, 0.15) is 11.1 Å². The van der Waals surface area contributed by atoms with E-state index in [2.05, 4.69) is 21.2 Å². The third-order valence-corrected chi connectivity index (χ3v) is 4.82. The van der Waals surface area contributed by atoms with E-state index in [1.165, 1.54) is 7.11 Å². The van der Waals surface area contributed by atoms with Gasteiger partial charge in [-0.2, -0.15) is 0 Å². The Bertz CT molecular complexity index is 776. The second kappa shape index (κ2) is 7.80. The fraction of sp³-hybridized carbons (Fsp3) is 0.263. The van der Waals surface area contributed by atoms with Gasteiger partial charge in [-0.3, -0.25) is 14.5 Å². The largest absolute Gasteiger partial charge is 0.468 e. The van der Waals surface area contributed by atoms with Crippen LogP contribution in [0, 0.1) is 0 Å². The number of carbonyl (C=O) groups is 2. The van der Waals surface area contributed by atoms with Crippen LogP contribution >= 0.6 is 15.9 Å². The van der Waals surface area contributed by atoms with Crippen LogP contribution in [0.2, 0.25) is 0 Å². The van der Waals surface area contributed by atoms with Crippen molar-refractivity contribution in [1.82, 2.24) is 4.90 Å². The molecule has 1 heterocycles. The van der Waals surface area contributed by atoms with Gasteiger partial charge in [-0.15, -0.1) is 0 Å². The summed E-state index contributed by atoms with van der Waals surface area (Å²) in [7, 11) is 1.38. The summed E-state index contributed by atoms with van der Waals surface area (Å²) < 4.78 is 5.88. The zero-order valence-electron chi connectivity index (χ0n) is 13.9. The SMILES string of the molecule is COC(=O)C1Cc2ccccc2CN1CC(=O)Nc1ccc(Br)cc1. The molecule has 0 saturated carbocycles. The van der Waals surface area contributed by atoms with Crippen LogP contribution < -0.4 is 5.32 Å². The monoisotopic (exact) mass is 402 g/mol. The molecule has 6 heteroatoms. The van der Waals surface area contributed by atoms with E-state index in [4.69, 9.17) is 4.74 Å². The Morgan fingerprint density at radius 1 is 1.16 bits per heavy atom. The summed E-state index contributed by atoms with van der Waals surface area (Å²) >= 11 is 3.37. The van der Waals surface area contributed by atoms with Crippen molar-refractivity contribution in [2.45, 2.75) is 19.0 Å². The van der Waals surface area contributed by atoms with Gasteiger partial charge in [-0.1, -0.05) is 40.2 Å². The first-order chi connectivity index (χ1) is 12.1. The number of nitrogens with one attached hydrogen (secondary N) is 1. The minimum absolute atomic E-state index is 0.129. The second-order valence-corrected chi connectivity index (χ2v) is 6.89. The molecule has 1 aliphatic heterocycles. The average molecular weight is 403 g/mol. The zero-order valence-corrected chi connectivity index (χ0v) is 15.5. The Balaban J connectivity index is 1.73. The van der Waals surface area contributed by atoms with Crippen molar-refractivity contribution in [2.75, 3.05) is 19.0 Å². The molecule has 1 unspecified atom stereocenters. The van der Waals surface area contributed by atoms with E-state index < -0.39 is 6.04 Å². The number of rotatable bonds is 4. The van der Waals surface area contributed by atoms with Gasteiger partial charge in [0.1, 0.15) is 6.04 Å². The van der Waals surface area contributed by atoms with Crippen LogP contribution in [0.4, 0.5) is 5.69 Å². The lowest BCUT2D eigenvalue weighted by molar-refractivity contribution is -0.148. The lowest BCUT2D eigenvalue weighted by Crippen LogP contribution is -2.49. The number of carbonyl (C=O) groups excluding carboxylic acids is 2. The van der Waals surface area contributed by atoms with E-state index in [1.807, 2.05) is 53.4 Å². The minimum Gasteiger partial charge on any atom is -0.468 e. The number of ether oxygens (including phenoxy) is 1. The molecular weight excluding hydrogens is 384 g/mol. The molecule has 0 fully saturated rings. The third kappa shape index (κ3) is 4.27. The molecule has 1 N–H and O–H groups in total. The lowest BCUT2D eigenvalue weighted by Gasteiger charge is -2.34. The van der Waals surface area contributed by atoms with Gasteiger partial charge in [0.2, 0.25) is 5.91 Å². The highest BCUT2D eigenvalue weighted by molar-refractivity contribution is 9.10. The fourth-order valence-corrected chi connectivity index (χ4v) is 3.29. The number of methoxy groups -OCH3 is 1. The van der Waals surface area contributed by atoms with E-state index >= 15 is 0 Å². The van der Waals surface area contributed by atoms with Crippen LogP contribution in [-0.2, 0) is 27.3 Å². The summed E-state index contributed by atoms with van der Waals surface area (Å²) in [5.41, 5.74) is 2.99. The minimum atomic E-state index is -0.449. The quantitative estimate of drug-likeness (QED) is 0.798. The van der Waals surface area contributed by atoms with Gasteiger partial charge in [-0.25, -0.2) is 0 Å². The first-order valence-electron chi connectivity index (χ1n) is 8.01. The predicted octanol–water partition coefficient (Wildman–Crippen LogP) is 2.99. The lowest BCUT2D eigenvalue weighted by atomic mass is 9.94. The number of fused-ring (bicyclic) bond motifs is 1. The van der Waals surface area contributed by atoms with Crippen LogP contribution in [0.5, 0.6) is 0 Å². The van der Waals surface area contributed by atoms with E-state index in [0.717, 1.165) is 21.3 Å². The van der Waals surface area contributed by atoms with Crippen molar-refractivity contribution in [3.8, 4) is 0 Å². The van der Waals surface area contributed by atoms with Gasteiger partial charge in [0.05, 0.1) is 13.7 Å². The van der Waals surface area contributed by atoms with E-state index in [0.29, 0.717) is 13.0 Å². The predicted molar refractivity (Wildman–Crippen MR) is 99.1 cm³/mol. The van der Waals surface area contributed by atoms with E-state index in [-0.39, 0.29) is 18.4 Å². The molecule has 0 saturated heterocycles. The first-order valence-corrected chi connectivity index (χ1v) is 8.80. The van der Waals surface area contributed by atoms with Crippen molar-refractivity contribution in [1.29, 1.82) is 0 Å². The summed E-state index contributed by atoms with van der Waals surface area (Å²) in [6.45, 7) is 0.674. The van der Waals surface area contributed by atoms with Gasteiger partial charge in [-0.05, 0) is 41.8 Å². The molecule has 2 aromatic rings. The molecule has 1 atom stereocenters. The molecule has 0 aromatic heterocycles. The summed E-state index contributed by atoms with van der Waals surface area (Å²) in [5, 5.41) is 2.86. The maximum Gasteiger partial charge on any atom is 0.323 e. The molecule has 130 valence electrons. The maximum absolute atomic E-state index is 12.4. The normalized spacial score (nSPS) is 16.8. The highest BCUT2D eigenvalue weighted by Gasteiger charge is 2.33. The van der Waals surface area contributed by atoms with Gasteiger partial charge >= 0.3 is 5.97 Å². The van der Waals surface area contributed by atoms with Crippen molar-refractivity contribution in [3.05, 3.63) is 64.1 Å². The topological polar surface area (TPSA) is 58.6 Å². The van der Waals surface area contributed by atoms with Gasteiger partial charge in [0.15, 0.2) is 0 Å². The van der Waals surface area contributed by atoms with Crippen LogP contribution in [0.3, 0.4) is 0 Å². The molecule has 2 aromatic carbocycles. The number of nitrogens with zero attached hydrogens (tertiary/aromatic N) is 1. The highest BCUT2D eigenvalue weighted by atomic mass is 79.9. The van der Waals surface area contributed by atoms with Gasteiger partial charge in [0, 0.05) is 16.7 Å². The summed E-state index contributed by atoms with van der Waals surface area (Å²) in [4.78, 5) is 26.4. The smallest absolute Gasteiger partial charge is 0.323 e. The molecule has 1 amide bonds. The molecule has 0 spiro atoms. The molecule has 25 heavy (non-hydrogen) atoms. The van der Waals surface area contributed by atoms with E-state index in [9.17, 15) is 9.59 Å². The molecule has 5 nitrogen and oxygen atoms in total. The Kier molecular flexibility index (Phi) is 5.50. The van der Waals surface area contributed by atoms with Crippen molar-refractivity contribution < 1.29 is 14.3 Å². The molecule has 1 aliphatic rings. The molecular formula is C19H19BrN2O3. The third-order valence-electron chi connectivity index (χ3n) is 4.29. The first kappa shape index (κ1) is 17.6. The molecule has 0 aliphatic carbocycles. The Labute approximate surface area is 155 Å². The highest BCUT2D eigenvalue weighted by Crippen LogP contribution is 2.24. The number of amides is 1. The summed E-state index contributed by atoms with van der Waals surface area (Å²) in [6.07, 6.45) is 0.550. The summed E-state index contributed by atoms with van der Waals surface area (Å²) in [6, 6.07) is 14.9. The van der Waals surface area contributed by atoms with Gasteiger partial charge in [0.25, 0.3) is 0 Å². The second-order valence-electron chi connectivity index (χ2n) is 5.97. The van der Waals surface area contributed by atoms with Crippen molar-refractivity contribution in [2.24, 2.45) is 0 Å². The molecule has 0 radical (unpaired) electrons. The number of hydrogen-bond acceptors (Lipinski definition) is 4. The van der Waals surface area contributed by atoms with E-state index in [1.54, 1.807) is 0 Å². The standard InChI is InChI=1S/C19H19BrN2O3/c1-25-19(24)17-10-13-4-2-3-5-14(13)11-22(17)12-18(23)21-16-8-6-15(20)7-9-16/h2-9,17H,10-12H2,1H3,(H,21,23). The fourth-order valence-electron chi connectivity index (χ4n) is 3.03. The molecule has 3 rings (SSSR count). The number of benzene rings is 2. The summed E-state index contributed by atoms with van der Waals surface area (Å²) in [5.74, 6) is -0.471. The van der Waals surface area contributed by atoms with Crippen LogP contribution in [0.25, 0.3) is 0 Å². The van der Waals surface area contributed by atoms with Gasteiger partial charge < -0.3 is 10.1 Å². The number of anilines is 1. The maximum atomic E-state index is 12.4. The van der Waals surface area contributed by atoms with Crippen molar-refractivity contribution in [3.63, 3.8) is 0 Å². The van der Waals surface area contributed by atoms with Crippen LogP contribution in [0.15, 0.2) is 53.0 Å². The Morgan fingerprint density at radius 2 is 1.84 bits per heavy atom. The Morgan fingerprint density at radius 3 is 2.52 bits per heavy atom. The molecule has 0 bridgehead atoms. The average Bonchev–Trinajstić information content (AvgIpc) is 2.62. The number of hydrogen-bond donors (Lipinski definition) is 1. The Hall–Kier alpha value is -2.18. The van der Waals surface area contributed by atoms with Crippen LogP contribution in [-0.4, -0.2) is 36.5 Å². The zero-order chi connectivity index (χ0) is 17.8. The number of halogens is 1.